The number of carbonyl (C=O) groups is 1. The molecule has 0 aliphatic carbocycles. The monoisotopic (exact) mass is 430 g/mol. The summed E-state index contributed by atoms with van der Waals surface area (Å²) in [5.74, 6) is 0.388. The van der Waals surface area contributed by atoms with E-state index in [4.69, 9.17) is 9.47 Å². The molecule has 1 atom stereocenters. The Morgan fingerprint density at radius 1 is 1.10 bits per heavy atom. The third-order valence-electron chi connectivity index (χ3n) is 5.79. The first kappa shape index (κ1) is 20.8. The van der Waals surface area contributed by atoms with Crippen LogP contribution in [0.1, 0.15) is 35.2 Å². The molecule has 30 heavy (non-hydrogen) atoms. The Morgan fingerprint density at radius 2 is 1.83 bits per heavy atom. The number of amides is 1. The highest BCUT2D eigenvalue weighted by atomic mass is 32.2. The summed E-state index contributed by atoms with van der Waals surface area (Å²) in [6.07, 6.45) is 0.859. The third-order valence-corrected chi connectivity index (χ3v) is 7.71. The number of methoxy groups -OCH3 is 1. The van der Waals surface area contributed by atoms with E-state index in [1.807, 2.05) is 24.3 Å². The number of fused-ring (bicyclic) bond motifs is 1. The van der Waals surface area contributed by atoms with Crippen LogP contribution in [0.5, 0.6) is 5.75 Å². The van der Waals surface area contributed by atoms with Crippen LogP contribution < -0.4 is 9.64 Å². The average molecular weight is 431 g/mol. The Kier molecular flexibility index (Phi) is 5.81. The molecule has 160 valence electrons. The number of anilines is 1. The van der Waals surface area contributed by atoms with Crippen molar-refractivity contribution in [3.05, 3.63) is 53.6 Å². The van der Waals surface area contributed by atoms with Crippen molar-refractivity contribution < 1.29 is 22.7 Å². The highest BCUT2D eigenvalue weighted by molar-refractivity contribution is 7.89. The van der Waals surface area contributed by atoms with E-state index in [0.717, 1.165) is 17.7 Å². The topological polar surface area (TPSA) is 76.2 Å². The lowest BCUT2D eigenvalue weighted by atomic mass is 9.91. The Labute approximate surface area is 177 Å². The fourth-order valence-electron chi connectivity index (χ4n) is 4.05. The van der Waals surface area contributed by atoms with Crippen molar-refractivity contribution in [2.75, 3.05) is 44.9 Å². The normalized spacial score (nSPS) is 19.9. The van der Waals surface area contributed by atoms with Crippen LogP contribution in [0.2, 0.25) is 0 Å². The molecule has 0 bridgehead atoms. The largest absolute Gasteiger partial charge is 0.495 e. The Balaban J connectivity index is 1.72. The van der Waals surface area contributed by atoms with Crippen molar-refractivity contribution in [2.24, 2.45) is 0 Å². The first-order chi connectivity index (χ1) is 14.4. The van der Waals surface area contributed by atoms with Crippen LogP contribution in [0, 0.1) is 0 Å². The Morgan fingerprint density at radius 3 is 2.57 bits per heavy atom. The molecule has 7 nitrogen and oxygen atoms in total. The smallest absolute Gasteiger partial charge is 0.258 e. The quantitative estimate of drug-likeness (QED) is 0.746. The van der Waals surface area contributed by atoms with Gasteiger partial charge in [-0.15, -0.1) is 0 Å². The molecule has 2 aromatic rings. The van der Waals surface area contributed by atoms with E-state index in [9.17, 15) is 13.2 Å². The summed E-state index contributed by atoms with van der Waals surface area (Å²) in [6, 6.07) is 12.5. The number of sulfonamides is 1. The molecular weight excluding hydrogens is 404 g/mol. The maximum atomic E-state index is 13.4. The molecule has 0 spiro atoms. The van der Waals surface area contributed by atoms with Gasteiger partial charge in [-0.3, -0.25) is 4.79 Å². The zero-order chi connectivity index (χ0) is 21.3. The van der Waals surface area contributed by atoms with E-state index in [2.05, 4.69) is 6.92 Å². The van der Waals surface area contributed by atoms with Crippen molar-refractivity contribution in [1.29, 1.82) is 0 Å². The van der Waals surface area contributed by atoms with Crippen molar-refractivity contribution in [1.82, 2.24) is 4.31 Å². The number of benzene rings is 2. The molecule has 2 aliphatic heterocycles. The van der Waals surface area contributed by atoms with Gasteiger partial charge in [-0.25, -0.2) is 8.42 Å². The van der Waals surface area contributed by atoms with Crippen LogP contribution in [-0.4, -0.2) is 58.6 Å². The average Bonchev–Trinajstić information content (AvgIpc) is 2.79. The number of ether oxygens (including phenoxy) is 2. The molecular formula is C22H26N2O5S. The summed E-state index contributed by atoms with van der Waals surface area (Å²) in [5, 5.41) is 0. The van der Waals surface area contributed by atoms with E-state index in [1.165, 1.54) is 17.5 Å². The number of rotatable bonds is 4. The standard InChI is InChI=1S/C22H26N2O5S/c1-16-9-10-24(19-6-4-3-5-18(16)19)22(25)17-7-8-20(28-2)21(15-17)30(26,27)23-11-13-29-14-12-23/h3-8,15-16H,9-14H2,1-2H3. The Hall–Kier alpha value is -2.42. The number of nitrogens with zero attached hydrogens (tertiary/aromatic N) is 2. The predicted octanol–water partition coefficient (Wildman–Crippen LogP) is 2.87. The number of morpholine rings is 1. The van der Waals surface area contributed by atoms with Gasteiger partial charge in [0, 0.05) is 30.9 Å². The van der Waals surface area contributed by atoms with Gasteiger partial charge < -0.3 is 14.4 Å². The molecule has 0 aromatic heterocycles. The summed E-state index contributed by atoms with van der Waals surface area (Å²) in [7, 11) is -2.38. The van der Waals surface area contributed by atoms with E-state index < -0.39 is 10.0 Å². The van der Waals surface area contributed by atoms with E-state index >= 15 is 0 Å². The molecule has 8 heteroatoms. The summed E-state index contributed by atoms with van der Waals surface area (Å²) in [5.41, 5.74) is 2.34. The third kappa shape index (κ3) is 3.71. The number of hydrogen-bond acceptors (Lipinski definition) is 5. The summed E-state index contributed by atoms with van der Waals surface area (Å²) in [4.78, 5) is 15.1. The maximum absolute atomic E-state index is 13.4. The van der Waals surface area contributed by atoms with Gasteiger partial charge in [0.15, 0.2) is 0 Å². The van der Waals surface area contributed by atoms with Crippen LogP contribution in [0.4, 0.5) is 5.69 Å². The Bertz CT molecular complexity index is 1050. The molecule has 2 aromatic carbocycles. The van der Waals surface area contributed by atoms with Gasteiger partial charge >= 0.3 is 0 Å². The molecule has 0 N–H and O–H groups in total. The van der Waals surface area contributed by atoms with Crippen LogP contribution in [0.15, 0.2) is 47.4 Å². The maximum Gasteiger partial charge on any atom is 0.258 e. The zero-order valence-electron chi connectivity index (χ0n) is 17.2. The second-order valence-electron chi connectivity index (χ2n) is 7.59. The second-order valence-corrected chi connectivity index (χ2v) is 9.49. The van der Waals surface area contributed by atoms with Gasteiger partial charge in [-0.1, -0.05) is 25.1 Å². The molecule has 1 unspecified atom stereocenters. The van der Waals surface area contributed by atoms with Crippen molar-refractivity contribution in [2.45, 2.75) is 24.2 Å². The van der Waals surface area contributed by atoms with Gasteiger partial charge in [0.25, 0.3) is 5.91 Å². The molecule has 2 aliphatic rings. The summed E-state index contributed by atoms with van der Waals surface area (Å²) < 4.78 is 38.4. The minimum atomic E-state index is -3.80. The molecule has 1 fully saturated rings. The van der Waals surface area contributed by atoms with Gasteiger partial charge in [-0.05, 0) is 42.2 Å². The molecule has 4 rings (SSSR count). The van der Waals surface area contributed by atoms with Crippen molar-refractivity contribution >= 4 is 21.6 Å². The van der Waals surface area contributed by atoms with Gasteiger partial charge in [0.05, 0.1) is 20.3 Å². The molecule has 2 heterocycles. The van der Waals surface area contributed by atoms with Crippen LogP contribution >= 0.6 is 0 Å². The number of hydrogen-bond donors (Lipinski definition) is 0. The van der Waals surface area contributed by atoms with Crippen molar-refractivity contribution in [3.8, 4) is 5.75 Å². The van der Waals surface area contributed by atoms with E-state index in [1.54, 1.807) is 17.0 Å². The van der Waals surface area contributed by atoms with Gasteiger partial charge in [0.1, 0.15) is 10.6 Å². The molecule has 0 saturated carbocycles. The summed E-state index contributed by atoms with van der Waals surface area (Å²) in [6.45, 7) is 4.00. The minimum absolute atomic E-state index is 0.0106. The SMILES string of the molecule is COc1ccc(C(=O)N2CCC(C)c3ccccc32)cc1S(=O)(=O)N1CCOCC1. The van der Waals surface area contributed by atoms with E-state index in [0.29, 0.717) is 31.2 Å². The lowest BCUT2D eigenvalue weighted by molar-refractivity contribution is 0.0729. The highest BCUT2D eigenvalue weighted by Crippen LogP contribution is 2.36. The lowest BCUT2D eigenvalue weighted by Gasteiger charge is -2.33. The molecule has 1 amide bonds. The van der Waals surface area contributed by atoms with Crippen LogP contribution in [-0.2, 0) is 14.8 Å². The number of para-hydroxylation sites is 1. The van der Waals surface area contributed by atoms with Gasteiger partial charge in [-0.2, -0.15) is 4.31 Å². The highest BCUT2D eigenvalue weighted by Gasteiger charge is 2.32. The fraction of sp³-hybridized carbons (Fsp3) is 0.409. The summed E-state index contributed by atoms with van der Waals surface area (Å²) >= 11 is 0. The number of carbonyl (C=O) groups excluding carboxylic acids is 1. The minimum Gasteiger partial charge on any atom is -0.495 e. The van der Waals surface area contributed by atoms with Crippen molar-refractivity contribution in [3.63, 3.8) is 0 Å². The second kappa shape index (κ2) is 8.37. The predicted molar refractivity (Wildman–Crippen MR) is 114 cm³/mol. The van der Waals surface area contributed by atoms with Crippen LogP contribution in [0.3, 0.4) is 0 Å². The van der Waals surface area contributed by atoms with Gasteiger partial charge in [0.2, 0.25) is 10.0 Å². The molecule has 1 saturated heterocycles. The zero-order valence-corrected chi connectivity index (χ0v) is 18.0. The lowest BCUT2D eigenvalue weighted by Crippen LogP contribution is -2.41. The first-order valence-electron chi connectivity index (χ1n) is 10.1. The fourth-order valence-corrected chi connectivity index (χ4v) is 5.64. The first-order valence-corrected chi connectivity index (χ1v) is 11.5. The molecule has 0 radical (unpaired) electrons. The van der Waals surface area contributed by atoms with E-state index in [-0.39, 0.29) is 29.6 Å². The van der Waals surface area contributed by atoms with Crippen LogP contribution in [0.25, 0.3) is 0 Å².